The number of hydrogen-bond donors (Lipinski definition) is 0. The van der Waals surface area contributed by atoms with Crippen LogP contribution in [0.2, 0.25) is 0 Å². The molecule has 1 aromatic rings. The minimum atomic E-state index is -0.974. The molecule has 4 rings (SSSR count). The number of rotatable bonds is 6. The van der Waals surface area contributed by atoms with E-state index < -0.39 is 12.1 Å². The van der Waals surface area contributed by atoms with E-state index in [4.69, 9.17) is 0 Å². The molecule has 2 saturated carbocycles. The van der Waals surface area contributed by atoms with Crippen LogP contribution in [0.4, 0.5) is 4.39 Å². The van der Waals surface area contributed by atoms with Gasteiger partial charge in [0.05, 0.1) is 5.92 Å². The molecule has 0 radical (unpaired) electrons. The third-order valence-electron chi connectivity index (χ3n) is 7.16. The van der Waals surface area contributed by atoms with E-state index in [-0.39, 0.29) is 29.7 Å². The highest BCUT2D eigenvalue weighted by Gasteiger charge is 2.48. The van der Waals surface area contributed by atoms with Gasteiger partial charge in [-0.3, -0.25) is 9.59 Å². The molecule has 0 aromatic carbocycles. The van der Waals surface area contributed by atoms with Crippen LogP contribution in [0.5, 0.6) is 0 Å². The Balaban J connectivity index is 1.47. The fourth-order valence-corrected chi connectivity index (χ4v) is 5.26. The summed E-state index contributed by atoms with van der Waals surface area (Å²) >= 11 is 0. The van der Waals surface area contributed by atoms with E-state index in [0.29, 0.717) is 26.1 Å². The molecular formula is C22H34FN5O2. The van der Waals surface area contributed by atoms with Gasteiger partial charge >= 0.3 is 0 Å². The maximum atomic E-state index is 13.6. The molecule has 2 aliphatic carbocycles. The van der Waals surface area contributed by atoms with E-state index in [0.717, 1.165) is 50.8 Å². The van der Waals surface area contributed by atoms with Crippen molar-refractivity contribution < 1.29 is 14.0 Å². The number of halogens is 1. The normalized spacial score (nSPS) is 31.6. The van der Waals surface area contributed by atoms with E-state index in [1.165, 1.54) is 0 Å². The molecule has 0 spiro atoms. The summed E-state index contributed by atoms with van der Waals surface area (Å²) in [4.78, 5) is 30.1. The molecule has 8 heteroatoms. The second-order valence-electron chi connectivity index (χ2n) is 9.27. The minimum absolute atomic E-state index is 0.000168. The predicted octanol–water partition coefficient (Wildman–Crippen LogP) is 2.68. The molecular weight excluding hydrogens is 385 g/mol. The lowest BCUT2D eigenvalue weighted by atomic mass is 9.77. The first kappa shape index (κ1) is 21.2. The van der Waals surface area contributed by atoms with Gasteiger partial charge in [0, 0.05) is 44.6 Å². The first-order chi connectivity index (χ1) is 14.5. The van der Waals surface area contributed by atoms with Crippen LogP contribution in [0.1, 0.15) is 70.0 Å². The smallest absolute Gasteiger partial charge is 0.229 e. The van der Waals surface area contributed by atoms with E-state index >= 15 is 0 Å². The molecule has 0 unspecified atom stereocenters. The predicted molar refractivity (Wildman–Crippen MR) is 110 cm³/mol. The molecule has 0 N–H and O–H groups in total. The van der Waals surface area contributed by atoms with Crippen LogP contribution in [-0.4, -0.2) is 68.2 Å². The molecule has 3 fully saturated rings. The van der Waals surface area contributed by atoms with E-state index in [2.05, 4.69) is 17.1 Å². The van der Waals surface area contributed by atoms with Gasteiger partial charge in [-0.15, -0.1) is 10.2 Å². The van der Waals surface area contributed by atoms with Crippen LogP contribution < -0.4 is 0 Å². The molecule has 30 heavy (non-hydrogen) atoms. The summed E-state index contributed by atoms with van der Waals surface area (Å²) in [6, 6.07) is -0.000168. The van der Waals surface area contributed by atoms with Crippen LogP contribution in [0.3, 0.4) is 0 Å². The molecule has 3 aliphatic rings. The lowest BCUT2D eigenvalue weighted by molar-refractivity contribution is -0.147. The van der Waals surface area contributed by atoms with Crippen LogP contribution in [0.25, 0.3) is 0 Å². The Kier molecular flexibility index (Phi) is 6.39. The Morgan fingerprint density at radius 1 is 1.17 bits per heavy atom. The molecule has 1 saturated heterocycles. The van der Waals surface area contributed by atoms with Gasteiger partial charge < -0.3 is 14.4 Å². The highest BCUT2D eigenvalue weighted by molar-refractivity contribution is 5.84. The van der Waals surface area contributed by atoms with Gasteiger partial charge in [-0.05, 0) is 25.7 Å². The van der Waals surface area contributed by atoms with Gasteiger partial charge in [0.25, 0.3) is 0 Å². The zero-order valence-corrected chi connectivity index (χ0v) is 18.2. The van der Waals surface area contributed by atoms with Gasteiger partial charge in [-0.1, -0.05) is 32.6 Å². The Bertz CT molecular complexity index is 768. The molecule has 166 valence electrons. The number of alkyl halides is 1. The third kappa shape index (κ3) is 4.23. The van der Waals surface area contributed by atoms with E-state index in [1.54, 1.807) is 6.33 Å². The Morgan fingerprint density at radius 3 is 2.60 bits per heavy atom. The van der Waals surface area contributed by atoms with Crippen LogP contribution >= 0.6 is 0 Å². The zero-order valence-electron chi connectivity index (χ0n) is 18.2. The second-order valence-corrected chi connectivity index (χ2v) is 9.27. The number of hydrogen-bond acceptors (Lipinski definition) is 4. The standard InChI is InChI=1S/C22H34FN5O2/c1-3-4-7-15-13-27(10-11-28(15)22(30)18-12-19(18)23)21(29)17-9-6-5-8-16(17)20-25-24-14-26(20)2/h14-19H,3-13H2,1-2H3/t15-,16-,17+,18-,19+/m0/s1. The number of carbonyl (C=O) groups is 2. The number of carbonyl (C=O) groups excluding carboxylic acids is 2. The lowest BCUT2D eigenvalue weighted by Crippen LogP contribution is -2.58. The van der Waals surface area contributed by atoms with Crippen molar-refractivity contribution >= 4 is 11.8 Å². The Morgan fingerprint density at radius 2 is 1.93 bits per heavy atom. The number of nitrogens with zero attached hydrogens (tertiary/aromatic N) is 5. The monoisotopic (exact) mass is 419 g/mol. The fourth-order valence-electron chi connectivity index (χ4n) is 5.26. The summed E-state index contributed by atoms with van der Waals surface area (Å²) < 4.78 is 15.4. The number of aryl methyl sites for hydroxylation is 1. The largest absolute Gasteiger partial charge is 0.339 e. The average Bonchev–Trinajstić information content (AvgIpc) is 3.35. The molecule has 7 nitrogen and oxygen atoms in total. The first-order valence-corrected chi connectivity index (χ1v) is 11.6. The quantitative estimate of drug-likeness (QED) is 0.711. The fraction of sp³-hybridized carbons (Fsp3) is 0.818. The molecule has 5 atom stereocenters. The highest BCUT2D eigenvalue weighted by Crippen LogP contribution is 2.39. The van der Waals surface area contributed by atoms with Crippen molar-refractivity contribution in [1.29, 1.82) is 0 Å². The summed E-state index contributed by atoms with van der Waals surface area (Å²) in [5.41, 5.74) is 0. The van der Waals surface area contributed by atoms with Gasteiger partial charge in [0.1, 0.15) is 18.3 Å². The van der Waals surface area contributed by atoms with Crippen LogP contribution in [0.15, 0.2) is 6.33 Å². The molecule has 1 aromatic heterocycles. The maximum Gasteiger partial charge on any atom is 0.229 e. The maximum absolute atomic E-state index is 13.6. The lowest BCUT2D eigenvalue weighted by Gasteiger charge is -2.44. The van der Waals surface area contributed by atoms with Gasteiger partial charge in [-0.25, -0.2) is 4.39 Å². The van der Waals surface area contributed by atoms with Crippen molar-refractivity contribution in [3.63, 3.8) is 0 Å². The highest BCUT2D eigenvalue weighted by atomic mass is 19.1. The van der Waals surface area contributed by atoms with Crippen molar-refractivity contribution in [2.45, 2.75) is 76.4 Å². The summed E-state index contributed by atoms with van der Waals surface area (Å²) in [6.07, 6.45) is 8.00. The van der Waals surface area contributed by atoms with Crippen molar-refractivity contribution in [2.24, 2.45) is 18.9 Å². The van der Waals surface area contributed by atoms with E-state index in [1.807, 2.05) is 21.4 Å². The SMILES string of the molecule is CCCC[C@H]1CN(C(=O)[C@@H]2CCCC[C@@H]2c2nncn2C)CCN1C(=O)[C@H]1C[C@H]1F. The van der Waals surface area contributed by atoms with E-state index in [9.17, 15) is 14.0 Å². The van der Waals surface area contributed by atoms with Crippen LogP contribution in [-0.2, 0) is 16.6 Å². The van der Waals surface area contributed by atoms with Crippen molar-refractivity contribution in [1.82, 2.24) is 24.6 Å². The summed E-state index contributed by atoms with van der Waals surface area (Å²) in [6.45, 7) is 3.75. The van der Waals surface area contributed by atoms with Gasteiger partial charge in [0.2, 0.25) is 11.8 Å². The second kappa shape index (κ2) is 9.02. The van der Waals surface area contributed by atoms with Crippen molar-refractivity contribution in [2.75, 3.05) is 19.6 Å². The number of unbranched alkanes of at least 4 members (excludes halogenated alkanes) is 1. The third-order valence-corrected chi connectivity index (χ3v) is 7.16. The van der Waals surface area contributed by atoms with Gasteiger partial charge in [0.15, 0.2) is 0 Å². The molecule has 2 heterocycles. The molecule has 1 aliphatic heterocycles. The number of amides is 2. The minimum Gasteiger partial charge on any atom is -0.339 e. The summed E-state index contributed by atoms with van der Waals surface area (Å²) in [7, 11) is 1.94. The van der Waals surface area contributed by atoms with Crippen molar-refractivity contribution in [3.8, 4) is 0 Å². The molecule has 0 bridgehead atoms. The Hall–Kier alpha value is -1.99. The average molecular weight is 420 g/mol. The molecule has 2 amide bonds. The summed E-state index contributed by atoms with van der Waals surface area (Å²) in [5, 5.41) is 8.32. The first-order valence-electron chi connectivity index (χ1n) is 11.6. The van der Waals surface area contributed by atoms with Gasteiger partial charge in [-0.2, -0.15) is 0 Å². The van der Waals surface area contributed by atoms with Crippen LogP contribution in [0, 0.1) is 11.8 Å². The number of aromatic nitrogens is 3. The topological polar surface area (TPSA) is 71.3 Å². The zero-order chi connectivity index (χ0) is 21.3. The summed E-state index contributed by atoms with van der Waals surface area (Å²) in [5.74, 6) is 0.610. The number of piperazine rings is 1. The Labute approximate surface area is 178 Å². The van der Waals surface area contributed by atoms with Crippen molar-refractivity contribution in [3.05, 3.63) is 12.2 Å².